The summed E-state index contributed by atoms with van der Waals surface area (Å²) in [5.74, 6) is 0.288. The highest BCUT2D eigenvalue weighted by Gasteiger charge is 2.23. The smallest absolute Gasteiger partial charge is 0.183 e. The molecule has 3 rings (SSSR count). The topological polar surface area (TPSA) is 54.2 Å². The highest BCUT2D eigenvalue weighted by atomic mass is 16.5. The second kappa shape index (κ2) is 8.63. The third-order valence-electron chi connectivity index (χ3n) is 4.94. The summed E-state index contributed by atoms with van der Waals surface area (Å²) < 4.78 is 6.73. The zero-order valence-corrected chi connectivity index (χ0v) is 16.6. The third-order valence-corrected chi connectivity index (χ3v) is 4.94. The third kappa shape index (κ3) is 5.88. The number of benzene rings is 2. The molecule has 0 unspecified atom stereocenters. The molecule has 2 aromatic rings. The fraction of sp³-hybridized carbons (Fsp3) is 0.455. The van der Waals surface area contributed by atoms with Gasteiger partial charge in [0, 0.05) is 0 Å². The molecule has 1 aliphatic carbocycles. The van der Waals surface area contributed by atoms with Gasteiger partial charge in [-0.1, -0.05) is 30.5 Å². The largest absolute Gasteiger partial charge is 0.507 e. The molecule has 1 N–H and O–H groups in total. The van der Waals surface area contributed by atoms with E-state index in [1.54, 1.807) is 12.1 Å². The molecule has 0 saturated heterocycles. The average Bonchev–Trinajstić information content (AvgIpc) is 3.16. The van der Waals surface area contributed by atoms with E-state index < -0.39 is 0 Å². The Kier molecular flexibility index (Phi) is 6.24. The molecule has 0 radical (unpaired) electrons. The fourth-order valence-electron chi connectivity index (χ4n) is 3.36. The van der Waals surface area contributed by atoms with Crippen molar-refractivity contribution in [1.29, 1.82) is 0 Å². The van der Waals surface area contributed by atoms with Crippen molar-refractivity contribution >= 4 is 11.4 Å². The molecule has 0 atom stereocenters. The van der Waals surface area contributed by atoms with E-state index in [4.69, 9.17) is 4.74 Å². The summed E-state index contributed by atoms with van der Waals surface area (Å²) in [7, 11) is 4.24. The number of quaternary nitrogens is 1. The Morgan fingerprint density at radius 3 is 2.33 bits per heavy atom. The van der Waals surface area contributed by atoms with Crippen LogP contribution in [0.4, 0.5) is 11.4 Å². The van der Waals surface area contributed by atoms with E-state index in [0.29, 0.717) is 23.9 Å². The van der Waals surface area contributed by atoms with Gasteiger partial charge in [-0.2, -0.15) is 10.2 Å². The van der Waals surface area contributed by atoms with Gasteiger partial charge in [0.05, 0.1) is 37.1 Å². The van der Waals surface area contributed by atoms with Crippen LogP contribution < -0.4 is 0 Å². The number of aryl methyl sites for hydroxylation is 1. The van der Waals surface area contributed by atoms with Crippen LogP contribution in [0, 0.1) is 6.92 Å². The van der Waals surface area contributed by atoms with Crippen LogP contribution in [0.2, 0.25) is 0 Å². The number of aromatic hydroxyl groups is 1. The molecule has 0 aromatic heterocycles. The molecule has 1 saturated carbocycles. The van der Waals surface area contributed by atoms with Crippen LogP contribution >= 0.6 is 0 Å². The minimum atomic E-state index is 0.288. The minimum absolute atomic E-state index is 0.288. The Bertz CT molecular complexity index is 779. The van der Waals surface area contributed by atoms with E-state index in [-0.39, 0.29) is 5.75 Å². The van der Waals surface area contributed by atoms with E-state index in [1.807, 2.05) is 37.3 Å². The SMILES string of the molecule is Cc1ccc(N=Nc2ccc(O)c(C[N+](C)(C)COC3CCCC3)c2)cc1. The van der Waals surface area contributed by atoms with Crippen LogP contribution in [0.5, 0.6) is 5.75 Å². The zero-order valence-electron chi connectivity index (χ0n) is 16.6. The lowest BCUT2D eigenvalue weighted by molar-refractivity contribution is -0.923. The molecule has 0 bridgehead atoms. The van der Waals surface area contributed by atoms with Crippen LogP contribution in [-0.4, -0.2) is 36.5 Å². The van der Waals surface area contributed by atoms with Gasteiger partial charge in [-0.15, -0.1) is 0 Å². The summed E-state index contributed by atoms with van der Waals surface area (Å²) >= 11 is 0. The molecule has 2 aromatic carbocycles. The first-order valence-electron chi connectivity index (χ1n) is 9.65. The lowest BCUT2D eigenvalue weighted by Gasteiger charge is -2.30. The summed E-state index contributed by atoms with van der Waals surface area (Å²) in [5.41, 5.74) is 3.60. The van der Waals surface area contributed by atoms with Crippen LogP contribution in [-0.2, 0) is 11.3 Å². The van der Waals surface area contributed by atoms with Gasteiger partial charge in [0.2, 0.25) is 0 Å². The fourth-order valence-corrected chi connectivity index (χ4v) is 3.36. The second-order valence-corrected chi connectivity index (χ2v) is 8.14. The number of phenols is 1. The molecular weight excluding hydrogens is 338 g/mol. The molecule has 0 heterocycles. The number of azo groups is 1. The van der Waals surface area contributed by atoms with E-state index >= 15 is 0 Å². The van der Waals surface area contributed by atoms with Gasteiger partial charge in [0.15, 0.2) is 6.73 Å². The van der Waals surface area contributed by atoms with Crippen molar-refractivity contribution in [2.45, 2.75) is 45.3 Å². The molecule has 5 heteroatoms. The Morgan fingerprint density at radius 1 is 1.00 bits per heavy atom. The normalized spacial score (nSPS) is 15.7. The van der Waals surface area contributed by atoms with E-state index in [9.17, 15) is 5.11 Å². The van der Waals surface area contributed by atoms with Crippen molar-refractivity contribution in [3.05, 3.63) is 53.6 Å². The van der Waals surface area contributed by atoms with E-state index in [2.05, 4.69) is 24.3 Å². The van der Waals surface area contributed by atoms with E-state index in [0.717, 1.165) is 16.9 Å². The van der Waals surface area contributed by atoms with Gasteiger partial charge < -0.3 is 14.3 Å². The van der Waals surface area contributed by atoms with Gasteiger partial charge in [0.25, 0.3) is 0 Å². The summed E-state index contributed by atoms with van der Waals surface area (Å²) in [5, 5.41) is 18.9. The number of nitrogens with zero attached hydrogens (tertiary/aromatic N) is 3. The van der Waals surface area contributed by atoms with Crippen molar-refractivity contribution in [2.75, 3.05) is 20.8 Å². The Morgan fingerprint density at radius 2 is 1.63 bits per heavy atom. The molecule has 5 nitrogen and oxygen atoms in total. The number of hydrogen-bond donors (Lipinski definition) is 1. The van der Waals surface area contributed by atoms with Crippen molar-refractivity contribution < 1.29 is 14.3 Å². The van der Waals surface area contributed by atoms with Crippen molar-refractivity contribution in [1.82, 2.24) is 0 Å². The lowest BCUT2D eigenvalue weighted by Crippen LogP contribution is -2.41. The summed E-state index contributed by atoms with van der Waals surface area (Å²) in [6.07, 6.45) is 5.27. The number of ether oxygens (including phenoxy) is 1. The second-order valence-electron chi connectivity index (χ2n) is 8.14. The van der Waals surface area contributed by atoms with Crippen LogP contribution in [0.25, 0.3) is 0 Å². The van der Waals surface area contributed by atoms with Gasteiger partial charge in [-0.25, -0.2) is 0 Å². The van der Waals surface area contributed by atoms with E-state index in [1.165, 1.54) is 31.2 Å². The predicted molar refractivity (Wildman–Crippen MR) is 107 cm³/mol. The molecule has 1 fully saturated rings. The first-order chi connectivity index (χ1) is 12.9. The molecular formula is C22H30N3O2+. The van der Waals surface area contributed by atoms with Crippen LogP contribution in [0.3, 0.4) is 0 Å². The van der Waals surface area contributed by atoms with Gasteiger partial charge in [-0.05, 0) is 50.1 Å². The molecule has 0 spiro atoms. The quantitative estimate of drug-likeness (QED) is 0.392. The van der Waals surface area contributed by atoms with Crippen molar-refractivity contribution in [3.8, 4) is 5.75 Å². The summed E-state index contributed by atoms with van der Waals surface area (Å²) in [6.45, 7) is 3.36. The van der Waals surface area contributed by atoms with Crippen molar-refractivity contribution in [3.63, 3.8) is 0 Å². The Hall–Kier alpha value is -2.24. The van der Waals surface area contributed by atoms with Gasteiger partial charge >= 0.3 is 0 Å². The van der Waals surface area contributed by atoms with Gasteiger partial charge in [-0.3, -0.25) is 0 Å². The molecule has 0 amide bonds. The van der Waals surface area contributed by atoms with Crippen LogP contribution in [0.15, 0.2) is 52.7 Å². The highest BCUT2D eigenvalue weighted by Crippen LogP contribution is 2.28. The lowest BCUT2D eigenvalue weighted by atomic mass is 10.1. The summed E-state index contributed by atoms with van der Waals surface area (Å²) in [6, 6.07) is 13.3. The zero-order chi connectivity index (χ0) is 19.3. The molecule has 1 aliphatic rings. The molecule has 144 valence electrons. The maximum Gasteiger partial charge on any atom is 0.183 e. The standard InChI is InChI=1S/C22H29N3O2/c1-17-8-10-19(11-9-17)23-24-20-12-13-22(26)18(14-20)15-25(2,3)16-27-21-6-4-5-7-21/h8-14,21H,4-7,15-16H2,1-3H3/p+1. The predicted octanol–water partition coefficient (Wildman–Crippen LogP) is 5.61. The number of phenolic OH excluding ortho intramolecular Hbond substituents is 1. The maximum atomic E-state index is 10.3. The Balaban J connectivity index is 1.65. The highest BCUT2D eigenvalue weighted by molar-refractivity contribution is 5.47. The molecule has 0 aliphatic heterocycles. The Labute approximate surface area is 161 Å². The van der Waals surface area contributed by atoms with Crippen LogP contribution in [0.1, 0.15) is 36.8 Å². The monoisotopic (exact) mass is 368 g/mol. The molecule has 27 heavy (non-hydrogen) atoms. The first-order valence-corrected chi connectivity index (χ1v) is 9.65. The maximum absolute atomic E-state index is 10.3. The van der Waals surface area contributed by atoms with Gasteiger partial charge in [0.1, 0.15) is 12.3 Å². The number of rotatable bonds is 7. The minimum Gasteiger partial charge on any atom is -0.507 e. The number of hydrogen-bond acceptors (Lipinski definition) is 4. The van der Waals surface area contributed by atoms with Crippen molar-refractivity contribution in [2.24, 2.45) is 10.2 Å². The average molecular weight is 369 g/mol. The summed E-state index contributed by atoms with van der Waals surface area (Å²) in [4.78, 5) is 0. The first kappa shape index (κ1) is 19.5.